The van der Waals surface area contributed by atoms with Crippen LogP contribution in [0.4, 0.5) is 4.39 Å². The van der Waals surface area contributed by atoms with Gasteiger partial charge in [0.1, 0.15) is 5.82 Å². The molecule has 0 saturated carbocycles. The van der Waals surface area contributed by atoms with E-state index in [9.17, 15) is 4.39 Å². The molecule has 0 saturated heterocycles. The van der Waals surface area contributed by atoms with Crippen LogP contribution in [0.15, 0.2) is 59.6 Å². The number of halogens is 1. The van der Waals surface area contributed by atoms with Crippen LogP contribution in [-0.4, -0.2) is 25.0 Å². The van der Waals surface area contributed by atoms with Gasteiger partial charge in [0.05, 0.1) is 0 Å². The van der Waals surface area contributed by atoms with E-state index in [-0.39, 0.29) is 5.82 Å². The molecule has 0 atom stereocenters. The maximum absolute atomic E-state index is 13.2. The van der Waals surface area contributed by atoms with Crippen molar-refractivity contribution < 1.29 is 4.39 Å². The van der Waals surface area contributed by atoms with Gasteiger partial charge >= 0.3 is 0 Å². The molecule has 0 aromatic heterocycles. The van der Waals surface area contributed by atoms with E-state index in [1.54, 1.807) is 19.2 Å². The second-order valence-electron chi connectivity index (χ2n) is 4.87. The lowest BCUT2D eigenvalue weighted by molar-refractivity contribution is 0.474. The molecule has 0 aliphatic carbocycles. The van der Waals surface area contributed by atoms with E-state index in [1.807, 2.05) is 36.2 Å². The van der Waals surface area contributed by atoms with Crippen molar-refractivity contribution in [2.45, 2.75) is 13.1 Å². The van der Waals surface area contributed by atoms with Gasteiger partial charge in [-0.25, -0.2) is 4.39 Å². The summed E-state index contributed by atoms with van der Waals surface area (Å²) in [5.41, 5.74) is 2.11. The highest BCUT2D eigenvalue weighted by molar-refractivity contribution is 5.79. The predicted molar refractivity (Wildman–Crippen MR) is 84.5 cm³/mol. The Morgan fingerprint density at radius 3 is 2.48 bits per heavy atom. The van der Waals surface area contributed by atoms with E-state index < -0.39 is 0 Å². The SMILES string of the molecule is CN=C(NCc1ccccc1)N(C)Cc1cccc(F)c1. The number of hydrogen-bond donors (Lipinski definition) is 1. The largest absolute Gasteiger partial charge is 0.352 e. The molecule has 0 unspecified atom stereocenters. The molecular weight excluding hydrogens is 265 g/mol. The van der Waals surface area contributed by atoms with Gasteiger partial charge < -0.3 is 10.2 Å². The fourth-order valence-corrected chi connectivity index (χ4v) is 2.15. The molecule has 0 amide bonds. The van der Waals surface area contributed by atoms with Crippen molar-refractivity contribution in [2.75, 3.05) is 14.1 Å². The number of benzene rings is 2. The maximum atomic E-state index is 13.2. The number of guanidine groups is 1. The summed E-state index contributed by atoms with van der Waals surface area (Å²) < 4.78 is 13.2. The Kier molecular flexibility index (Phi) is 5.32. The Balaban J connectivity index is 1.94. The Labute approximate surface area is 125 Å². The van der Waals surface area contributed by atoms with Crippen molar-refractivity contribution in [2.24, 2.45) is 4.99 Å². The van der Waals surface area contributed by atoms with Crippen molar-refractivity contribution in [3.05, 3.63) is 71.5 Å². The second kappa shape index (κ2) is 7.43. The zero-order valence-electron chi connectivity index (χ0n) is 12.4. The van der Waals surface area contributed by atoms with Crippen molar-refractivity contribution in [1.82, 2.24) is 10.2 Å². The Hall–Kier alpha value is -2.36. The van der Waals surface area contributed by atoms with E-state index >= 15 is 0 Å². The molecule has 2 rings (SSSR count). The first-order valence-corrected chi connectivity index (χ1v) is 6.89. The molecule has 0 fully saturated rings. The third-order valence-corrected chi connectivity index (χ3v) is 3.18. The number of nitrogens with zero attached hydrogens (tertiary/aromatic N) is 2. The van der Waals surface area contributed by atoms with Gasteiger partial charge in [0, 0.05) is 27.2 Å². The molecule has 0 spiro atoms. The fraction of sp³-hybridized carbons (Fsp3) is 0.235. The lowest BCUT2D eigenvalue weighted by atomic mass is 10.2. The lowest BCUT2D eigenvalue weighted by Gasteiger charge is -2.22. The van der Waals surface area contributed by atoms with Crippen LogP contribution in [0, 0.1) is 5.82 Å². The molecule has 3 nitrogen and oxygen atoms in total. The van der Waals surface area contributed by atoms with Crippen molar-refractivity contribution in [1.29, 1.82) is 0 Å². The minimum absolute atomic E-state index is 0.215. The van der Waals surface area contributed by atoms with Gasteiger partial charge in [-0.15, -0.1) is 0 Å². The molecular formula is C17H20FN3. The van der Waals surface area contributed by atoms with E-state index in [1.165, 1.54) is 11.6 Å². The minimum atomic E-state index is -0.215. The van der Waals surface area contributed by atoms with Gasteiger partial charge in [-0.05, 0) is 23.3 Å². The Morgan fingerprint density at radius 2 is 1.81 bits per heavy atom. The average molecular weight is 285 g/mol. The highest BCUT2D eigenvalue weighted by atomic mass is 19.1. The lowest BCUT2D eigenvalue weighted by Crippen LogP contribution is -2.38. The molecule has 0 heterocycles. The Morgan fingerprint density at radius 1 is 1.10 bits per heavy atom. The van der Waals surface area contributed by atoms with E-state index in [4.69, 9.17) is 0 Å². The molecule has 4 heteroatoms. The first-order chi connectivity index (χ1) is 10.2. The van der Waals surface area contributed by atoms with Gasteiger partial charge in [-0.2, -0.15) is 0 Å². The maximum Gasteiger partial charge on any atom is 0.193 e. The van der Waals surface area contributed by atoms with Crippen LogP contribution < -0.4 is 5.32 Å². The Bertz CT molecular complexity index is 596. The number of aliphatic imine (C=N–C) groups is 1. The molecule has 110 valence electrons. The van der Waals surface area contributed by atoms with Gasteiger partial charge in [-0.1, -0.05) is 42.5 Å². The van der Waals surface area contributed by atoms with E-state index in [0.717, 1.165) is 11.5 Å². The number of nitrogens with one attached hydrogen (secondary N) is 1. The molecule has 21 heavy (non-hydrogen) atoms. The van der Waals surface area contributed by atoms with Gasteiger partial charge in [-0.3, -0.25) is 4.99 Å². The van der Waals surface area contributed by atoms with Crippen LogP contribution in [0.5, 0.6) is 0 Å². The summed E-state index contributed by atoms with van der Waals surface area (Å²) in [7, 11) is 3.68. The summed E-state index contributed by atoms with van der Waals surface area (Å²) in [6.07, 6.45) is 0. The van der Waals surface area contributed by atoms with Crippen LogP contribution in [0.3, 0.4) is 0 Å². The topological polar surface area (TPSA) is 27.6 Å². The zero-order valence-corrected chi connectivity index (χ0v) is 12.4. The normalized spacial score (nSPS) is 11.3. The molecule has 2 aromatic rings. The quantitative estimate of drug-likeness (QED) is 0.690. The molecule has 0 radical (unpaired) electrons. The average Bonchev–Trinajstić information content (AvgIpc) is 2.49. The zero-order chi connectivity index (χ0) is 15.1. The summed E-state index contributed by atoms with van der Waals surface area (Å²) in [4.78, 5) is 6.23. The fourth-order valence-electron chi connectivity index (χ4n) is 2.15. The van der Waals surface area contributed by atoms with Gasteiger partial charge in [0.2, 0.25) is 0 Å². The first-order valence-electron chi connectivity index (χ1n) is 6.89. The molecule has 0 bridgehead atoms. The second-order valence-corrected chi connectivity index (χ2v) is 4.87. The predicted octanol–water partition coefficient (Wildman–Crippen LogP) is 3.03. The summed E-state index contributed by atoms with van der Waals surface area (Å²) in [6.45, 7) is 1.31. The van der Waals surface area contributed by atoms with Gasteiger partial charge in [0.25, 0.3) is 0 Å². The van der Waals surface area contributed by atoms with Crippen molar-refractivity contribution >= 4 is 5.96 Å². The molecule has 0 aliphatic rings. The van der Waals surface area contributed by atoms with E-state index in [0.29, 0.717) is 13.1 Å². The highest BCUT2D eigenvalue weighted by Gasteiger charge is 2.07. The highest BCUT2D eigenvalue weighted by Crippen LogP contribution is 2.06. The number of rotatable bonds is 4. The minimum Gasteiger partial charge on any atom is -0.352 e. The van der Waals surface area contributed by atoms with Crippen LogP contribution >= 0.6 is 0 Å². The monoisotopic (exact) mass is 285 g/mol. The van der Waals surface area contributed by atoms with Crippen LogP contribution in [0.25, 0.3) is 0 Å². The summed E-state index contributed by atoms with van der Waals surface area (Å²) in [6, 6.07) is 16.8. The smallest absolute Gasteiger partial charge is 0.193 e. The van der Waals surface area contributed by atoms with Crippen LogP contribution in [0.1, 0.15) is 11.1 Å². The molecule has 0 aliphatic heterocycles. The van der Waals surface area contributed by atoms with Gasteiger partial charge in [0.15, 0.2) is 5.96 Å². The van der Waals surface area contributed by atoms with Crippen molar-refractivity contribution in [3.63, 3.8) is 0 Å². The third-order valence-electron chi connectivity index (χ3n) is 3.18. The standard InChI is InChI=1S/C17H20FN3/c1-19-17(20-12-14-7-4-3-5-8-14)21(2)13-15-9-6-10-16(18)11-15/h3-11H,12-13H2,1-2H3,(H,19,20). The number of hydrogen-bond acceptors (Lipinski definition) is 1. The summed E-state index contributed by atoms with van der Waals surface area (Å²) in [5.74, 6) is 0.566. The molecule has 2 aromatic carbocycles. The van der Waals surface area contributed by atoms with E-state index in [2.05, 4.69) is 22.4 Å². The van der Waals surface area contributed by atoms with Crippen LogP contribution in [-0.2, 0) is 13.1 Å². The first kappa shape index (κ1) is 15.0. The summed E-state index contributed by atoms with van der Waals surface area (Å²) >= 11 is 0. The molecule has 1 N–H and O–H groups in total. The third kappa shape index (κ3) is 4.60. The van der Waals surface area contributed by atoms with Crippen molar-refractivity contribution in [3.8, 4) is 0 Å². The van der Waals surface area contributed by atoms with Crippen LogP contribution in [0.2, 0.25) is 0 Å². The summed E-state index contributed by atoms with van der Waals surface area (Å²) in [5, 5.41) is 3.30.